The third-order valence-electron chi connectivity index (χ3n) is 6.58. The Balaban J connectivity index is 1.08. The number of amides is 2. The number of pyridine rings is 1. The molecule has 0 N–H and O–H groups in total. The molecule has 2 aromatic rings. The molecule has 0 aromatic carbocycles. The van der Waals surface area contributed by atoms with Crippen molar-refractivity contribution in [2.45, 2.75) is 37.9 Å². The van der Waals surface area contributed by atoms with Crippen LogP contribution in [0.1, 0.15) is 36.6 Å². The molecule has 2 amide bonds. The van der Waals surface area contributed by atoms with E-state index in [1.54, 1.807) is 11.0 Å². The molecule has 1 aliphatic carbocycles. The molecule has 1 saturated carbocycles. The zero-order valence-electron chi connectivity index (χ0n) is 16.3. The van der Waals surface area contributed by atoms with Crippen LogP contribution in [0.15, 0.2) is 24.7 Å². The first-order valence-electron chi connectivity index (χ1n) is 10.1. The van der Waals surface area contributed by atoms with Crippen LogP contribution in [-0.2, 0) is 12.6 Å². The highest BCUT2D eigenvalue weighted by Gasteiger charge is 2.54. The normalized spacial score (nSPS) is 23.5. The number of carbonyl (C=O) groups is 1. The summed E-state index contributed by atoms with van der Waals surface area (Å²) in [6.45, 7) is 2.85. The maximum atomic E-state index is 12.7. The van der Waals surface area contributed by atoms with Gasteiger partial charge in [-0.1, -0.05) is 6.07 Å². The Morgan fingerprint density at radius 3 is 2.63 bits per heavy atom. The molecule has 0 unspecified atom stereocenters. The van der Waals surface area contributed by atoms with E-state index in [4.69, 9.17) is 0 Å². The van der Waals surface area contributed by atoms with Gasteiger partial charge < -0.3 is 9.80 Å². The van der Waals surface area contributed by atoms with Gasteiger partial charge in [-0.05, 0) is 53.7 Å². The van der Waals surface area contributed by atoms with E-state index in [9.17, 15) is 18.0 Å². The fourth-order valence-electron chi connectivity index (χ4n) is 5.18. The van der Waals surface area contributed by atoms with Crippen LogP contribution in [0.2, 0.25) is 0 Å². The summed E-state index contributed by atoms with van der Waals surface area (Å²) in [5, 5.41) is 11.2. The summed E-state index contributed by atoms with van der Waals surface area (Å²) in [6.07, 6.45) is 2.11. The van der Waals surface area contributed by atoms with Crippen molar-refractivity contribution in [2.24, 2.45) is 11.3 Å². The molecule has 4 heterocycles. The van der Waals surface area contributed by atoms with Gasteiger partial charge in [0.05, 0.1) is 6.04 Å². The first kappa shape index (κ1) is 19.3. The van der Waals surface area contributed by atoms with Gasteiger partial charge in [0.25, 0.3) is 0 Å². The number of rotatable bonds is 3. The van der Waals surface area contributed by atoms with Gasteiger partial charge in [0.1, 0.15) is 12.0 Å². The zero-order valence-corrected chi connectivity index (χ0v) is 16.3. The average molecular weight is 421 g/mol. The zero-order chi connectivity index (χ0) is 20.9. The Hall–Kier alpha value is -2.72. The predicted molar refractivity (Wildman–Crippen MR) is 98.1 cm³/mol. The second kappa shape index (κ2) is 6.92. The second-order valence-corrected chi connectivity index (χ2v) is 8.84. The molecule has 3 fully saturated rings. The van der Waals surface area contributed by atoms with E-state index in [1.165, 1.54) is 12.3 Å². The Kier molecular flexibility index (Phi) is 4.44. The fourth-order valence-corrected chi connectivity index (χ4v) is 5.18. The van der Waals surface area contributed by atoms with Crippen molar-refractivity contribution in [1.29, 1.82) is 0 Å². The topological polar surface area (TPSA) is 80.0 Å². The number of carbonyl (C=O) groups excluding carboxylic acids is 1. The van der Waals surface area contributed by atoms with Gasteiger partial charge in [-0.15, -0.1) is 5.10 Å². The van der Waals surface area contributed by atoms with Crippen LogP contribution in [0.5, 0.6) is 0 Å². The van der Waals surface area contributed by atoms with E-state index in [0.717, 1.165) is 50.4 Å². The number of hydrogen-bond acceptors (Lipinski definition) is 5. The molecule has 1 atom stereocenters. The third kappa shape index (κ3) is 3.50. The van der Waals surface area contributed by atoms with Gasteiger partial charge in [-0.3, -0.25) is 4.98 Å². The molecule has 160 valence electrons. The molecule has 2 saturated heterocycles. The summed E-state index contributed by atoms with van der Waals surface area (Å²) in [5.74, 6) is 0.441. The molecule has 30 heavy (non-hydrogen) atoms. The third-order valence-corrected chi connectivity index (χ3v) is 6.58. The van der Waals surface area contributed by atoms with Crippen LogP contribution in [0.3, 0.4) is 0 Å². The molecule has 0 bridgehead atoms. The summed E-state index contributed by atoms with van der Waals surface area (Å²) < 4.78 is 39.5. The molecule has 5 rings (SSSR count). The number of alkyl halides is 3. The minimum atomic E-state index is -4.40. The van der Waals surface area contributed by atoms with Crippen LogP contribution in [0.4, 0.5) is 18.0 Å². The lowest BCUT2D eigenvalue weighted by molar-refractivity contribution is -0.141. The van der Waals surface area contributed by atoms with Crippen LogP contribution < -0.4 is 0 Å². The molecule has 8 nitrogen and oxygen atoms in total. The lowest BCUT2D eigenvalue weighted by atomic mass is 9.56. The van der Waals surface area contributed by atoms with E-state index in [0.29, 0.717) is 19.0 Å². The largest absolute Gasteiger partial charge is 0.433 e. The predicted octanol–water partition coefficient (Wildman–Crippen LogP) is 2.41. The van der Waals surface area contributed by atoms with Crippen molar-refractivity contribution >= 4 is 6.03 Å². The van der Waals surface area contributed by atoms with E-state index in [2.05, 4.69) is 20.5 Å². The maximum absolute atomic E-state index is 12.7. The van der Waals surface area contributed by atoms with E-state index < -0.39 is 11.9 Å². The number of urea groups is 1. The summed E-state index contributed by atoms with van der Waals surface area (Å²) in [5.41, 5.74) is 0.170. The lowest BCUT2D eigenvalue weighted by Crippen LogP contribution is -2.65. The highest BCUT2D eigenvalue weighted by atomic mass is 19.4. The quantitative estimate of drug-likeness (QED) is 0.761. The van der Waals surface area contributed by atoms with Gasteiger partial charge in [0.15, 0.2) is 0 Å². The van der Waals surface area contributed by atoms with Crippen LogP contribution in [0, 0.1) is 11.3 Å². The van der Waals surface area contributed by atoms with Crippen molar-refractivity contribution in [3.63, 3.8) is 0 Å². The van der Waals surface area contributed by atoms with Gasteiger partial charge in [-0.25, -0.2) is 9.48 Å². The highest BCUT2D eigenvalue weighted by molar-refractivity contribution is 5.76. The molecule has 11 heteroatoms. The van der Waals surface area contributed by atoms with Crippen molar-refractivity contribution in [3.05, 3.63) is 35.9 Å². The monoisotopic (exact) mass is 421 g/mol. The Labute approximate surface area is 171 Å². The second-order valence-electron chi connectivity index (χ2n) is 8.84. The molecule has 3 aliphatic rings. The Bertz CT molecular complexity index is 901. The highest BCUT2D eigenvalue weighted by Crippen LogP contribution is 2.53. The molecular weight excluding hydrogens is 399 g/mol. The summed E-state index contributed by atoms with van der Waals surface area (Å²) >= 11 is 0. The van der Waals surface area contributed by atoms with Crippen molar-refractivity contribution in [3.8, 4) is 0 Å². The SMILES string of the molecule is O=C(N1CC[C@H](n2cnnn2)C1)N1CC2(CC(Cc3ccc(C(F)(F)F)nc3)C2)C1. The first-order valence-corrected chi connectivity index (χ1v) is 10.1. The first-order chi connectivity index (χ1) is 14.3. The summed E-state index contributed by atoms with van der Waals surface area (Å²) in [7, 11) is 0. The standard InChI is InChI=1S/C19H22F3N7O/c20-19(21,22)16-2-1-13(8-23-16)5-14-6-18(7-14)10-28(11-18)17(30)27-4-3-15(9-27)29-12-24-25-26-29/h1-2,8,12,14-15H,3-7,9-11H2/t15-/m0/s1. The average Bonchev–Trinajstić information content (AvgIpc) is 3.33. The maximum Gasteiger partial charge on any atom is 0.433 e. The minimum absolute atomic E-state index is 0.0755. The number of aromatic nitrogens is 5. The minimum Gasteiger partial charge on any atom is -0.323 e. The smallest absolute Gasteiger partial charge is 0.323 e. The van der Waals surface area contributed by atoms with E-state index in [1.807, 2.05) is 9.80 Å². The number of tetrazole rings is 1. The lowest BCUT2D eigenvalue weighted by Gasteiger charge is -2.59. The van der Waals surface area contributed by atoms with Crippen LogP contribution >= 0.6 is 0 Å². The number of likely N-dealkylation sites (tertiary alicyclic amines) is 2. The van der Waals surface area contributed by atoms with Gasteiger partial charge in [0, 0.05) is 37.8 Å². The van der Waals surface area contributed by atoms with Crippen molar-refractivity contribution < 1.29 is 18.0 Å². The summed E-state index contributed by atoms with van der Waals surface area (Å²) in [6, 6.07) is 2.77. The van der Waals surface area contributed by atoms with Crippen molar-refractivity contribution in [1.82, 2.24) is 35.0 Å². The van der Waals surface area contributed by atoms with E-state index in [-0.39, 0.29) is 17.5 Å². The fraction of sp³-hybridized carbons (Fsp3) is 0.632. The number of nitrogens with zero attached hydrogens (tertiary/aromatic N) is 7. The van der Waals surface area contributed by atoms with Gasteiger partial charge in [0.2, 0.25) is 0 Å². The van der Waals surface area contributed by atoms with Gasteiger partial charge in [-0.2, -0.15) is 13.2 Å². The number of hydrogen-bond donors (Lipinski definition) is 0. The Morgan fingerprint density at radius 2 is 2.00 bits per heavy atom. The number of halogens is 3. The Morgan fingerprint density at radius 1 is 1.20 bits per heavy atom. The molecular formula is C19H22F3N7O. The summed E-state index contributed by atoms with van der Waals surface area (Å²) in [4.78, 5) is 20.1. The molecule has 2 aliphatic heterocycles. The molecule has 0 radical (unpaired) electrons. The molecule has 1 spiro atoms. The van der Waals surface area contributed by atoms with Crippen LogP contribution in [0.25, 0.3) is 0 Å². The van der Waals surface area contributed by atoms with Crippen LogP contribution in [-0.4, -0.2) is 67.2 Å². The van der Waals surface area contributed by atoms with Crippen molar-refractivity contribution in [2.75, 3.05) is 26.2 Å². The van der Waals surface area contributed by atoms with Gasteiger partial charge >= 0.3 is 12.2 Å². The van der Waals surface area contributed by atoms with E-state index >= 15 is 0 Å². The molecule has 2 aromatic heterocycles.